The van der Waals surface area contributed by atoms with Crippen molar-refractivity contribution in [3.8, 4) is 16.9 Å². The van der Waals surface area contributed by atoms with Crippen LogP contribution in [-0.4, -0.2) is 18.4 Å². The van der Waals surface area contributed by atoms with Crippen LogP contribution in [0.4, 0.5) is 0 Å². The molecule has 0 N–H and O–H groups in total. The van der Waals surface area contributed by atoms with E-state index in [2.05, 4.69) is 4.98 Å². The van der Waals surface area contributed by atoms with Crippen LogP contribution in [0.25, 0.3) is 11.1 Å². The van der Waals surface area contributed by atoms with Gasteiger partial charge in [-0.15, -0.1) is 0 Å². The lowest BCUT2D eigenvalue weighted by molar-refractivity contribution is 0.112. The van der Waals surface area contributed by atoms with E-state index in [1.54, 1.807) is 37.7 Å². The van der Waals surface area contributed by atoms with Gasteiger partial charge in [0.15, 0.2) is 0 Å². The third-order valence-electron chi connectivity index (χ3n) is 2.35. The van der Waals surface area contributed by atoms with Crippen molar-refractivity contribution in [2.24, 2.45) is 0 Å². The van der Waals surface area contributed by atoms with Crippen molar-refractivity contribution in [3.63, 3.8) is 0 Å². The molecule has 0 fully saturated rings. The maximum atomic E-state index is 10.7. The van der Waals surface area contributed by atoms with Crippen molar-refractivity contribution >= 4 is 6.29 Å². The molecule has 80 valence electrons. The number of rotatable bonds is 3. The minimum absolute atomic E-state index is 0.632. The molecule has 0 radical (unpaired) electrons. The first-order valence-electron chi connectivity index (χ1n) is 4.89. The van der Waals surface area contributed by atoms with Crippen molar-refractivity contribution in [1.82, 2.24) is 4.98 Å². The van der Waals surface area contributed by atoms with Gasteiger partial charge in [0.2, 0.25) is 0 Å². The molecule has 3 heteroatoms. The molecule has 0 bridgehead atoms. The quantitative estimate of drug-likeness (QED) is 0.735. The molecule has 2 rings (SSSR count). The summed E-state index contributed by atoms with van der Waals surface area (Å²) in [5, 5.41) is 0. The van der Waals surface area contributed by atoms with Gasteiger partial charge in [0.25, 0.3) is 0 Å². The minimum Gasteiger partial charge on any atom is -0.496 e. The fourth-order valence-electron chi connectivity index (χ4n) is 1.56. The SMILES string of the molecule is COc1ccc(C=O)cc1-c1ccncc1. The summed E-state index contributed by atoms with van der Waals surface area (Å²) in [5.41, 5.74) is 2.51. The largest absolute Gasteiger partial charge is 0.496 e. The summed E-state index contributed by atoms with van der Waals surface area (Å²) in [7, 11) is 1.61. The Labute approximate surface area is 93.7 Å². The Kier molecular flexibility index (Phi) is 2.96. The number of hydrogen-bond acceptors (Lipinski definition) is 3. The molecule has 0 aliphatic carbocycles. The normalized spacial score (nSPS) is 9.81. The third kappa shape index (κ3) is 1.93. The number of benzene rings is 1. The van der Waals surface area contributed by atoms with Crippen LogP contribution in [0, 0.1) is 0 Å². The van der Waals surface area contributed by atoms with Crippen LogP contribution >= 0.6 is 0 Å². The van der Waals surface area contributed by atoms with Crippen LogP contribution in [0.3, 0.4) is 0 Å². The summed E-state index contributed by atoms with van der Waals surface area (Å²) in [5.74, 6) is 0.747. The van der Waals surface area contributed by atoms with E-state index in [9.17, 15) is 4.79 Å². The molecule has 0 atom stereocenters. The Morgan fingerprint density at radius 2 is 1.94 bits per heavy atom. The number of aldehydes is 1. The molecular weight excluding hydrogens is 202 g/mol. The molecule has 0 aliphatic heterocycles. The highest BCUT2D eigenvalue weighted by molar-refractivity contribution is 5.81. The van der Waals surface area contributed by atoms with Gasteiger partial charge in [0, 0.05) is 23.5 Å². The second kappa shape index (κ2) is 4.57. The van der Waals surface area contributed by atoms with Gasteiger partial charge >= 0.3 is 0 Å². The summed E-state index contributed by atoms with van der Waals surface area (Å²) >= 11 is 0. The zero-order valence-electron chi connectivity index (χ0n) is 8.88. The standard InChI is InChI=1S/C13H11NO2/c1-16-13-3-2-10(9-15)8-12(13)11-4-6-14-7-5-11/h2-9H,1H3. The van der Waals surface area contributed by atoms with Crippen LogP contribution in [-0.2, 0) is 0 Å². The predicted octanol–water partition coefficient (Wildman–Crippen LogP) is 2.57. The number of nitrogens with zero attached hydrogens (tertiary/aromatic N) is 1. The topological polar surface area (TPSA) is 39.2 Å². The zero-order chi connectivity index (χ0) is 11.4. The van der Waals surface area contributed by atoms with E-state index < -0.39 is 0 Å². The third-order valence-corrected chi connectivity index (χ3v) is 2.35. The molecule has 16 heavy (non-hydrogen) atoms. The summed E-state index contributed by atoms with van der Waals surface area (Å²) in [4.78, 5) is 14.7. The number of methoxy groups -OCH3 is 1. The van der Waals surface area contributed by atoms with Gasteiger partial charge < -0.3 is 4.74 Å². The Balaban J connectivity index is 2.57. The number of ether oxygens (including phenoxy) is 1. The molecular formula is C13H11NO2. The first-order valence-corrected chi connectivity index (χ1v) is 4.89. The molecule has 0 aliphatic rings. The summed E-state index contributed by atoms with van der Waals surface area (Å²) in [6.07, 6.45) is 4.24. The highest BCUT2D eigenvalue weighted by atomic mass is 16.5. The first-order chi connectivity index (χ1) is 7.85. The number of pyridine rings is 1. The minimum atomic E-state index is 0.632. The van der Waals surface area contributed by atoms with Crippen molar-refractivity contribution in [3.05, 3.63) is 48.3 Å². The molecule has 2 aromatic rings. The van der Waals surface area contributed by atoms with Gasteiger partial charge in [-0.05, 0) is 35.9 Å². The fraction of sp³-hybridized carbons (Fsp3) is 0.0769. The average Bonchev–Trinajstić information content (AvgIpc) is 2.39. The number of hydrogen-bond donors (Lipinski definition) is 0. The van der Waals surface area contributed by atoms with Gasteiger partial charge in [0.05, 0.1) is 7.11 Å². The summed E-state index contributed by atoms with van der Waals surface area (Å²) in [6, 6.07) is 9.09. The van der Waals surface area contributed by atoms with Crippen molar-refractivity contribution in [2.75, 3.05) is 7.11 Å². The van der Waals surface area contributed by atoms with E-state index in [-0.39, 0.29) is 0 Å². The number of carbonyl (C=O) groups excluding carboxylic acids is 1. The van der Waals surface area contributed by atoms with Crippen LogP contribution in [0.15, 0.2) is 42.7 Å². The van der Waals surface area contributed by atoms with E-state index in [1.165, 1.54) is 0 Å². The van der Waals surface area contributed by atoms with Crippen LogP contribution < -0.4 is 4.74 Å². The molecule has 0 saturated carbocycles. The van der Waals surface area contributed by atoms with E-state index >= 15 is 0 Å². The average molecular weight is 213 g/mol. The monoisotopic (exact) mass is 213 g/mol. The highest BCUT2D eigenvalue weighted by Crippen LogP contribution is 2.29. The van der Waals surface area contributed by atoms with Crippen LogP contribution in [0.2, 0.25) is 0 Å². The smallest absolute Gasteiger partial charge is 0.150 e. The van der Waals surface area contributed by atoms with Crippen molar-refractivity contribution < 1.29 is 9.53 Å². The van der Waals surface area contributed by atoms with Crippen molar-refractivity contribution in [1.29, 1.82) is 0 Å². The first kappa shape index (κ1) is 10.4. The molecule has 0 amide bonds. The Morgan fingerprint density at radius 3 is 2.56 bits per heavy atom. The lowest BCUT2D eigenvalue weighted by atomic mass is 10.0. The molecule has 0 unspecified atom stereocenters. The fourth-order valence-corrected chi connectivity index (χ4v) is 1.56. The molecule has 1 aromatic carbocycles. The maximum absolute atomic E-state index is 10.7. The molecule has 1 aromatic heterocycles. The van der Waals surface area contributed by atoms with E-state index in [0.29, 0.717) is 5.56 Å². The molecule has 0 spiro atoms. The zero-order valence-corrected chi connectivity index (χ0v) is 8.88. The molecule has 1 heterocycles. The molecule has 0 saturated heterocycles. The van der Waals surface area contributed by atoms with Gasteiger partial charge in [-0.2, -0.15) is 0 Å². The van der Waals surface area contributed by atoms with Crippen LogP contribution in [0.5, 0.6) is 5.75 Å². The number of aromatic nitrogens is 1. The summed E-state index contributed by atoms with van der Waals surface area (Å²) in [6.45, 7) is 0. The van der Waals surface area contributed by atoms with Crippen LogP contribution in [0.1, 0.15) is 10.4 Å². The van der Waals surface area contributed by atoms with E-state index in [1.807, 2.05) is 12.1 Å². The Bertz CT molecular complexity index is 495. The van der Waals surface area contributed by atoms with Gasteiger partial charge in [-0.25, -0.2) is 0 Å². The maximum Gasteiger partial charge on any atom is 0.150 e. The lowest BCUT2D eigenvalue weighted by Gasteiger charge is -2.08. The van der Waals surface area contributed by atoms with E-state index in [0.717, 1.165) is 23.2 Å². The highest BCUT2D eigenvalue weighted by Gasteiger charge is 2.06. The molecule has 3 nitrogen and oxygen atoms in total. The predicted molar refractivity (Wildman–Crippen MR) is 61.6 cm³/mol. The number of carbonyl (C=O) groups is 1. The lowest BCUT2D eigenvalue weighted by Crippen LogP contribution is -1.90. The second-order valence-corrected chi connectivity index (χ2v) is 3.31. The van der Waals surface area contributed by atoms with E-state index in [4.69, 9.17) is 4.74 Å². The van der Waals surface area contributed by atoms with Crippen molar-refractivity contribution in [2.45, 2.75) is 0 Å². The van der Waals surface area contributed by atoms with Gasteiger partial charge in [0.1, 0.15) is 12.0 Å². The van der Waals surface area contributed by atoms with Gasteiger partial charge in [-0.3, -0.25) is 9.78 Å². The second-order valence-electron chi connectivity index (χ2n) is 3.31. The Hall–Kier alpha value is -2.16. The van der Waals surface area contributed by atoms with Gasteiger partial charge in [-0.1, -0.05) is 0 Å². The summed E-state index contributed by atoms with van der Waals surface area (Å²) < 4.78 is 5.26. The Morgan fingerprint density at radius 1 is 1.19 bits per heavy atom.